The molecule has 1 atom stereocenters. The van der Waals surface area contributed by atoms with Gasteiger partial charge in [-0.3, -0.25) is 0 Å². The van der Waals surface area contributed by atoms with Gasteiger partial charge in [0.2, 0.25) is 5.88 Å². The highest BCUT2D eigenvalue weighted by atomic mass is 32.2. The highest BCUT2D eigenvalue weighted by Gasteiger charge is 2.20. The lowest BCUT2D eigenvalue weighted by Crippen LogP contribution is -2.38. The number of aromatic nitrogens is 2. The summed E-state index contributed by atoms with van der Waals surface area (Å²) in [5, 5.41) is 10.4. The second-order valence-corrected chi connectivity index (χ2v) is 4.77. The molecule has 0 bridgehead atoms. The summed E-state index contributed by atoms with van der Waals surface area (Å²) in [6.45, 7) is 1.55. The Labute approximate surface area is 105 Å². The number of aliphatic hydroxyl groups is 1. The zero-order valence-electron chi connectivity index (χ0n) is 10.1. The number of rotatable bonds is 3. The Hall–Kier alpha value is -1.01. The highest BCUT2D eigenvalue weighted by Crippen LogP contribution is 2.24. The second-order valence-electron chi connectivity index (χ2n) is 4.00. The van der Waals surface area contributed by atoms with Gasteiger partial charge < -0.3 is 14.7 Å². The van der Waals surface area contributed by atoms with E-state index in [-0.39, 0.29) is 6.10 Å². The molecule has 1 N–H and O–H groups in total. The van der Waals surface area contributed by atoms with Gasteiger partial charge in [0.25, 0.3) is 0 Å². The van der Waals surface area contributed by atoms with Crippen molar-refractivity contribution in [3.05, 3.63) is 6.07 Å². The van der Waals surface area contributed by atoms with E-state index in [1.54, 1.807) is 7.11 Å². The van der Waals surface area contributed by atoms with Gasteiger partial charge in [-0.15, -0.1) is 0 Å². The fourth-order valence-electron chi connectivity index (χ4n) is 1.91. The van der Waals surface area contributed by atoms with Crippen molar-refractivity contribution >= 4 is 17.6 Å². The van der Waals surface area contributed by atoms with Crippen LogP contribution in [0.2, 0.25) is 0 Å². The van der Waals surface area contributed by atoms with Crippen LogP contribution in [-0.2, 0) is 0 Å². The number of hydrogen-bond acceptors (Lipinski definition) is 6. The lowest BCUT2D eigenvalue weighted by molar-refractivity contribution is 0.153. The van der Waals surface area contributed by atoms with Gasteiger partial charge in [0.15, 0.2) is 5.16 Å². The predicted molar refractivity (Wildman–Crippen MR) is 67.8 cm³/mol. The largest absolute Gasteiger partial charge is 0.481 e. The minimum atomic E-state index is -0.262. The third-order valence-corrected chi connectivity index (χ3v) is 3.33. The molecule has 0 aromatic carbocycles. The summed E-state index contributed by atoms with van der Waals surface area (Å²) < 4.78 is 5.16. The van der Waals surface area contributed by atoms with E-state index < -0.39 is 0 Å². The number of anilines is 1. The molecule has 0 saturated carbocycles. The van der Waals surface area contributed by atoms with Crippen molar-refractivity contribution in [2.24, 2.45) is 0 Å². The van der Waals surface area contributed by atoms with Crippen LogP contribution >= 0.6 is 11.8 Å². The molecule has 0 unspecified atom stereocenters. The van der Waals surface area contributed by atoms with E-state index in [0.717, 1.165) is 25.2 Å². The highest BCUT2D eigenvalue weighted by molar-refractivity contribution is 7.98. The van der Waals surface area contributed by atoms with Crippen molar-refractivity contribution in [3.63, 3.8) is 0 Å². The average Bonchev–Trinajstić information content (AvgIpc) is 2.38. The van der Waals surface area contributed by atoms with Gasteiger partial charge >= 0.3 is 0 Å². The van der Waals surface area contributed by atoms with Crippen molar-refractivity contribution in [1.29, 1.82) is 0 Å². The van der Waals surface area contributed by atoms with Crippen molar-refractivity contribution in [2.75, 3.05) is 31.4 Å². The van der Waals surface area contributed by atoms with Gasteiger partial charge in [-0.25, -0.2) is 4.98 Å². The lowest BCUT2D eigenvalue weighted by atomic mass is 10.1. The van der Waals surface area contributed by atoms with E-state index in [1.807, 2.05) is 12.3 Å². The number of β-amino-alcohol motifs (C(OH)–C–C–N with tert-alkyl or cyclic N) is 1. The van der Waals surface area contributed by atoms with E-state index in [4.69, 9.17) is 4.74 Å². The first-order valence-electron chi connectivity index (χ1n) is 5.63. The zero-order valence-corrected chi connectivity index (χ0v) is 10.9. The molecule has 0 radical (unpaired) electrons. The molecule has 5 nitrogen and oxygen atoms in total. The fourth-order valence-corrected chi connectivity index (χ4v) is 2.28. The van der Waals surface area contributed by atoms with Gasteiger partial charge in [-0.2, -0.15) is 4.98 Å². The minimum absolute atomic E-state index is 0.262. The number of hydrogen-bond donors (Lipinski definition) is 1. The predicted octanol–water partition coefficient (Wildman–Crippen LogP) is 1.17. The van der Waals surface area contributed by atoms with Crippen LogP contribution < -0.4 is 9.64 Å². The Kier molecular flexibility index (Phi) is 4.06. The lowest BCUT2D eigenvalue weighted by Gasteiger charge is -2.31. The van der Waals surface area contributed by atoms with E-state index in [2.05, 4.69) is 14.9 Å². The molecule has 17 heavy (non-hydrogen) atoms. The van der Waals surface area contributed by atoms with Crippen LogP contribution in [0.25, 0.3) is 0 Å². The van der Waals surface area contributed by atoms with Crippen LogP contribution in [-0.4, -0.2) is 47.6 Å². The Bertz CT molecular complexity index is 367. The first-order chi connectivity index (χ1) is 8.22. The van der Waals surface area contributed by atoms with Crippen LogP contribution in [0.5, 0.6) is 5.88 Å². The third-order valence-electron chi connectivity index (χ3n) is 2.78. The van der Waals surface area contributed by atoms with Crippen molar-refractivity contribution < 1.29 is 9.84 Å². The van der Waals surface area contributed by atoms with Crippen LogP contribution in [0.4, 0.5) is 5.82 Å². The molecule has 2 rings (SSSR count). The zero-order chi connectivity index (χ0) is 12.3. The molecule has 1 fully saturated rings. The van der Waals surface area contributed by atoms with Crippen molar-refractivity contribution in [1.82, 2.24) is 9.97 Å². The second kappa shape index (κ2) is 5.55. The van der Waals surface area contributed by atoms with Gasteiger partial charge in [-0.1, -0.05) is 11.8 Å². The number of methoxy groups -OCH3 is 1. The van der Waals surface area contributed by atoms with Gasteiger partial charge in [0.05, 0.1) is 13.2 Å². The standard InChI is InChI=1S/C11H17N3O2S/c1-16-10-6-9(12-11(13-10)17-2)14-5-3-4-8(15)7-14/h6,8,15H,3-5,7H2,1-2H3/t8-/m0/s1. The van der Waals surface area contributed by atoms with Gasteiger partial charge in [0.1, 0.15) is 5.82 Å². The maximum Gasteiger partial charge on any atom is 0.219 e. The first-order valence-corrected chi connectivity index (χ1v) is 6.85. The topological polar surface area (TPSA) is 58.5 Å². The van der Waals surface area contributed by atoms with Crippen LogP contribution in [0.1, 0.15) is 12.8 Å². The van der Waals surface area contributed by atoms with Crippen LogP contribution in [0.3, 0.4) is 0 Å². The molecule has 0 amide bonds. The van der Waals surface area contributed by atoms with Gasteiger partial charge in [-0.05, 0) is 19.1 Å². The molecule has 94 valence electrons. The normalized spacial score (nSPS) is 20.4. The summed E-state index contributed by atoms with van der Waals surface area (Å²) in [5.74, 6) is 1.40. The third kappa shape index (κ3) is 3.01. The molecule has 1 aliphatic heterocycles. The Balaban J connectivity index is 2.23. The fraction of sp³-hybridized carbons (Fsp3) is 0.636. The smallest absolute Gasteiger partial charge is 0.219 e. The van der Waals surface area contributed by atoms with E-state index in [0.29, 0.717) is 17.6 Å². The molecule has 1 aliphatic rings. The summed E-state index contributed by atoms with van der Waals surface area (Å²) in [6.07, 6.45) is 3.53. The Morgan fingerprint density at radius 3 is 3.00 bits per heavy atom. The molecule has 1 aromatic heterocycles. The Morgan fingerprint density at radius 2 is 2.35 bits per heavy atom. The minimum Gasteiger partial charge on any atom is -0.481 e. The van der Waals surface area contributed by atoms with E-state index >= 15 is 0 Å². The average molecular weight is 255 g/mol. The number of nitrogens with zero attached hydrogens (tertiary/aromatic N) is 3. The summed E-state index contributed by atoms with van der Waals surface area (Å²) in [5.41, 5.74) is 0. The molecule has 0 aliphatic carbocycles. The first kappa shape index (κ1) is 12.4. The molecular weight excluding hydrogens is 238 g/mol. The summed E-state index contributed by atoms with van der Waals surface area (Å²) in [6, 6.07) is 1.82. The maximum absolute atomic E-state index is 9.67. The Morgan fingerprint density at radius 1 is 1.53 bits per heavy atom. The summed E-state index contributed by atoms with van der Waals surface area (Å²) in [4.78, 5) is 10.8. The van der Waals surface area contributed by atoms with E-state index in [9.17, 15) is 5.11 Å². The van der Waals surface area contributed by atoms with Crippen LogP contribution in [0, 0.1) is 0 Å². The van der Waals surface area contributed by atoms with E-state index in [1.165, 1.54) is 11.8 Å². The monoisotopic (exact) mass is 255 g/mol. The number of ether oxygens (including phenoxy) is 1. The summed E-state index contributed by atoms with van der Waals surface area (Å²) >= 11 is 1.49. The van der Waals surface area contributed by atoms with Crippen molar-refractivity contribution in [2.45, 2.75) is 24.1 Å². The molecule has 1 saturated heterocycles. The quantitative estimate of drug-likeness (QED) is 0.646. The summed E-state index contributed by atoms with van der Waals surface area (Å²) in [7, 11) is 1.60. The van der Waals surface area contributed by atoms with Crippen molar-refractivity contribution in [3.8, 4) is 5.88 Å². The molecular formula is C11H17N3O2S. The SMILES string of the molecule is COc1cc(N2CCC[C@H](O)C2)nc(SC)n1. The molecule has 0 spiro atoms. The maximum atomic E-state index is 9.67. The molecule has 6 heteroatoms. The number of piperidine rings is 1. The number of thioether (sulfide) groups is 1. The molecule has 1 aromatic rings. The van der Waals surface area contributed by atoms with Crippen LogP contribution in [0.15, 0.2) is 11.2 Å². The van der Waals surface area contributed by atoms with Gasteiger partial charge in [0, 0.05) is 19.2 Å². The number of aliphatic hydroxyl groups excluding tert-OH is 1. The molecule has 2 heterocycles.